The predicted octanol–water partition coefficient (Wildman–Crippen LogP) is 3.97. The Balaban J connectivity index is 1.23. The van der Waals surface area contributed by atoms with Gasteiger partial charge >= 0.3 is 5.76 Å². The number of para-hydroxylation sites is 1. The summed E-state index contributed by atoms with van der Waals surface area (Å²) in [4.78, 5) is 32.3. The van der Waals surface area contributed by atoms with Crippen LogP contribution in [-0.2, 0) is 11.3 Å². The smallest absolute Gasteiger partial charge is 0.387 e. The Hall–Kier alpha value is -2.78. The van der Waals surface area contributed by atoms with Gasteiger partial charge in [-0.1, -0.05) is 18.2 Å². The molecule has 1 atom stereocenters. The van der Waals surface area contributed by atoms with Crippen molar-refractivity contribution in [1.82, 2.24) is 19.7 Å². The lowest BCUT2D eigenvalue weighted by Gasteiger charge is -2.31. The van der Waals surface area contributed by atoms with Gasteiger partial charge in [0.25, 0.3) is 5.89 Å². The first kappa shape index (κ1) is 19.2. The minimum Gasteiger partial charge on any atom is -0.387 e. The number of amides is 1. The van der Waals surface area contributed by atoms with E-state index in [2.05, 4.69) is 11.2 Å². The molecule has 4 heterocycles. The minimum absolute atomic E-state index is 0.0355. The molecule has 0 unspecified atom stereocenters. The van der Waals surface area contributed by atoms with Gasteiger partial charge in [0, 0.05) is 25.4 Å². The molecule has 0 spiro atoms. The summed E-state index contributed by atoms with van der Waals surface area (Å²) in [6, 6.07) is 11.9. The van der Waals surface area contributed by atoms with Crippen LogP contribution in [0.25, 0.3) is 21.0 Å². The molecule has 30 heavy (non-hydrogen) atoms. The number of likely N-dealkylation sites (tertiary alicyclic amines) is 1. The molecule has 154 valence electrons. The molecule has 0 N–H and O–H groups in total. The number of thiazole rings is 1. The normalized spacial score (nSPS) is 16.9. The van der Waals surface area contributed by atoms with Crippen molar-refractivity contribution in [1.29, 1.82) is 0 Å². The van der Waals surface area contributed by atoms with Crippen molar-refractivity contribution in [2.75, 3.05) is 13.1 Å². The van der Waals surface area contributed by atoms with Gasteiger partial charge in [-0.05, 0) is 36.4 Å². The molecule has 1 amide bonds. The molecular formula is C21H20N4O3S2. The van der Waals surface area contributed by atoms with Crippen LogP contribution in [0.1, 0.15) is 30.2 Å². The molecule has 0 bridgehead atoms. The number of carbonyl (C=O) groups is 1. The van der Waals surface area contributed by atoms with Gasteiger partial charge in [-0.2, -0.15) is 4.68 Å². The van der Waals surface area contributed by atoms with E-state index in [0.29, 0.717) is 12.4 Å². The fourth-order valence-electron chi connectivity index (χ4n) is 3.78. The van der Waals surface area contributed by atoms with E-state index in [1.807, 2.05) is 40.6 Å². The molecule has 9 heteroatoms. The minimum atomic E-state index is -0.530. The van der Waals surface area contributed by atoms with E-state index in [-0.39, 0.29) is 24.8 Å². The summed E-state index contributed by atoms with van der Waals surface area (Å²) in [7, 11) is 0. The van der Waals surface area contributed by atoms with Crippen molar-refractivity contribution in [2.45, 2.75) is 31.7 Å². The lowest BCUT2D eigenvalue weighted by Crippen LogP contribution is -2.39. The Morgan fingerprint density at radius 1 is 1.23 bits per heavy atom. The first-order chi connectivity index (χ1) is 14.7. The van der Waals surface area contributed by atoms with Gasteiger partial charge in [0.15, 0.2) is 0 Å². The number of piperidine rings is 1. The third kappa shape index (κ3) is 3.82. The number of nitrogens with zero attached hydrogens (tertiary/aromatic N) is 4. The highest BCUT2D eigenvalue weighted by molar-refractivity contribution is 7.18. The zero-order valence-electron chi connectivity index (χ0n) is 16.2. The summed E-state index contributed by atoms with van der Waals surface area (Å²) in [5.74, 6) is 0.0715. The predicted molar refractivity (Wildman–Crippen MR) is 117 cm³/mol. The monoisotopic (exact) mass is 440 g/mol. The van der Waals surface area contributed by atoms with Gasteiger partial charge in [-0.3, -0.25) is 4.79 Å². The summed E-state index contributed by atoms with van der Waals surface area (Å²) in [5, 5.41) is 7.22. The second-order valence-corrected chi connectivity index (χ2v) is 9.33. The number of hydrogen-bond donors (Lipinski definition) is 0. The van der Waals surface area contributed by atoms with Crippen molar-refractivity contribution in [3.63, 3.8) is 0 Å². The molecule has 0 aliphatic carbocycles. The summed E-state index contributed by atoms with van der Waals surface area (Å²) < 4.78 is 7.64. The topological polar surface area (TPSA) is 81.2 Å². The number of carbonyl (C=O) groups excluding carboxylic acids is 1. The molecular weight excluding hydrogens is 420 g/mol. The second-order valence-electron chi connectivity index (χ2n) is 7.32. The Labute approximate surface area is 180 Å². The average Bonchev–Trinajstić information content (AvgIpc) is 3.51. The average molecular weight is 441 g/mol. The maximum Gasteiger partial charge on any atom is 0.437 e. The SMILES string of the molecule is O=C(CCn1nc(-c2cccs2)oc1=O)N1CCC[C@@H](c2nc3ccccc3s2)C1. The lowest BCUT2D eigenvalue weighted by atomic mass is 9.98. The molecule has 1 saturated heterocycles. The Morgan fingerprint density at radius 2 is 2.13 bits per heavy atom. The lowest BCUT2D eigenvalue weighted by molar-refractivity contribution is -0.132. The van der Waals surface area contributed by atoms with E-state index < -0.39 is 5.76 Å². The van der Waals surface area contributed by atoms with Gasteiger partial charge in [0.2, 0.25) is 5.91 Å². The van der Waals surface area contributed by atoms with Crippen LogP contribution in [0.15, 0.2) is 51.0 Å². The summed E-state index contributed by atoms with van der Waals surface area (Å²) >= 11 is 3.17. The Morgan fingerprint density at radius 3 is 2.97 bits per heavy atom. The van der Waals surface area contributed by atoms with Crippen LogP contribution in [0, 0.1) is 0 Å². The van der Waals surface area contributed by atoms with Crippen LogP contribution < -0.4 is 5.76 Å². The maximum absolute atomic E-state index is 12.8. The number of thiophene rings is 1. The quantitative estimate of drug-likeness (QED) is 0.469. The van der Waals surface area contributed by atoms with Crippen LogP contribution >= 0.6 is 22.7 Å². The van der Waals surface area contributed by atoms with Crippen LogP contribution in [0.5, 0.6) is 0 Å². The van der Waals surface area contributed by atoms with Gasteiger partial charge in [-0.25, -0.2) is 9.78 Å². The van der Waals surface area contributed by atoms with Crippen LogP contribution in [0.2, 0.25) is 0 Å². The van der Waals surface area contributed by atoms with Gasteiger partial charge in [0.1, 0.15) is 0 Å². The van der Waals surface area contributed by atoms with Crippen LogP contribution in [-0.4, -0.2) is 38.7 Å². The van der Waals surface area contributed by atoms with E-state index in [0.717, 1.165) is 34.8 Å². The number of rotatable bonds is 5. The number of aryl methyl sites for hydroxylation is 1. The third-order valence-electron chi connectivity index (χ3n) is 5.31. The molecule has 0 radical (unpaired) electrons. The molecule has 5 rings (SSSR count). The largest absolute Gasteiger partial charge is 0.437 e. The summed E-state index contributed by atoms with van der Waals surface area (Å²) in [5.41, 5.74) is 1.02. The number of aromatic nitrogens is 3. The van der Waals surface area contributed by atoms with Crippen molar-refractivity contribution < 1.29 is 9.21 Å². The molecule has 1 aromatic carbocycles. The Bertz CT molecular complexity index is 1190. The standard InChI is InChI=1S/C21H20N4O3S2/c26-18(9-11-25-21(27)28-19(23-25)17-8-4-12-29-17)24-10-3-5-14(13-24)20-22-15-6-1-2-7-16(15)30-20/h1-2,4,6-8,12,14H,3,5,9-11,13H2/t14-/m1/s1. The molecule has 4 aromatic rings. The first-order valence-electron chi connectivity index (χ1n) is 9.92. The molecule has 1 aliphatic heterocycles. The molecule has 1 fully saturated rings. The highest BCUT2D eigenvalue weighted by Gasteiger charge is 2.27. The van der Waals surface area contributed by atoms with E-state index >= 15 is 0 Å². The highest BCUT2D eigenvalue weighted by Crippen LogP contribution is 2.33. The summed E-state index contributed by atoms with van der Waals surface area (Å²) in [6.45, 7) is 1.63. The Kier molecular flexibility index (Phi) is 5.22. The van der Waals surface area contributed by atoms with E-state index in [1.165, 1.54) is 20.7 Å². The van der Waals surface area contributed by atoms with Gasteiger partial charge in [0.05, 0.1) is 26.6 Å². The number of hydrogen-bond acceptors (Lipinski definition) is 7. The van der Waals surface area contributed by atoms with E-state index in [1.54, 1.807) is 11.3 Å². The van der Waals surface area contributed by atoms with Crippen LogP contribution in [0.3, 0.4) is 0 Å². The molecule has 3 aromatic heterocycles. The van der Waals surface area contributed by atoms with E-state index in [9.17, 15) is 9.59 Å². The first-order valence-corrected chi connectivity index (χ1v) is 11.6. The maximum atomic E-state index is 12.8. The van der Waals surface area contributed by atoms with Gasteiger partial charge < -0.3 is 9.32 Å². The fraction of sp³-hybridized carbons (Fsp3) is 0.333. The summed E-state index contributed by atoms with van der Waals surface area (Å²) in [6.07, 6.45) is 2.22. The second kappa shape index (κ2) is 8.16. The van der Waals surface area contributed by atoms with Crippen molar-refractivity contribution in [3.8, 4) is 10.8 Å². The van der Waals surface area contributed by atoms with E-state index in [4.69, 9.17) is 9.40 Å². The molecule has 1 aliphatic rings. The fourth-order valence-corrected chi connectivity index (χ4v) is 5.51. The number of fused-ring (bicyclic) bond motifs is 1. The highest BCUT2D eigenvalue weighted by atomic mass is 32.1. The zero-order chi connectivity index (χ0) is 20.5. The third-order valence-corrected chi connectivity index (χ3v) is 7.37. The van der Waals surface area contributed by atoms with Crippen molar-refractivity contribution in [3.05, 3.63) is 57.3 Å². The van der Waals surface area contributed by atoms with Crippen molar-refractivity contribution >= 4 is 38.8 Å². The van der Waals surface area contributed by atoms with Crippen molar-refractivity contribution in [2.24, 2.45) is 0 Å². The van der Waals surface area contributed by atoms with Gasteiger partial charge in [-0.15, -0.1) is 27.8 Å². The zero-order valence-corrected chi connectivity index (χ0v) is 17.8. The molecule has 0 saturated carbocycles. The number of benzene rings is 1. The van der Waals surface area contributed by atoms with Crippen LogP contribution in [0.4, 0.5) is 0 Å². The molecule has 7 nitrogen and oxygen atoms in total.